The average Bonchev–Trinajstić information content (AvgIpc) is 2.87. The van der Waals surface area contributed by atoms with Crippen molar-refractivity contribution in [1.29, 1.82) is 0 Å². The molecule has 0 saturated heterocycles. The van der Waals surface area contributed by atoms with Crippen molar-refractivity contribution in [2.24, 2.45) is 0 Å². The molecule has 170 valence electrons. The quantitative estimate of drug-likeness (QED) is 0.467. The summed E-state index contributed by atoms with van der Waals surface area (Å²) in [5, 5.41) is 0. The molecule has 4 aromatic rings. The zero-order valence-electron chi connectivity index (χ0n) is 18.6. The number of benzene rings is 1. The molecule has 0 radical (unpaired) electrons. The molecule has 1 aromatic carbocycles. The van der Waals surface area contributed by atoms with Gasteiger partial charge in [0.25, 0.3) is 5.88 Å². The van der Waals surface area contributed by atoms with Crippen LogP contribution in [-0.2, 0) is 13.0 Å². The van der Waals surface area contributed by atoms with E-state index >= 15 is 0 Å². The minimum absolute atomic E-state index is 0.205. The van der Waals surface area contributed by atoms with Gasteiger partial charge in [-0.3, -0.25) is 9.55 Å². The van der Waals surface area contributed by atoms with E-state index in [1.165, 1.54) is 5.56 Å². The number of aryl methyl sites for hydroxylation is 2. The molecule has 1 atom stereocenters. The van der Waals surface area contributed by atoms with E-state index < -0.39 is 0 Å². The summed E-state index contributed by atoms with van der Waals surface area (Å²) in [7, 11) is 0. The van der Waals surface area contributed by atoms with E-state index in [0.717, 1.165) is 34.5 Å². The molecular weight excluding hydrogens is 432 g/mol. The zero-order valence-corrected chi connectivity index (χ0v) is 18.6. The molecule has 5 heterocycles. The smallest absolute Gasteiger partial charge is 0.351 e. The first-order valence-electron chi connectivity index (χ1n) is 11.2. The predicted octanol–water partition coefficient (Wildman–Crippen LogP) is 3.45. The van der Waals surface area contributed by atoms with E-state index in [9.17, 15) is 4.79 Å². The van der Waals surface area contributed by atoms with Gasteiger partial charge in [0.2, 0.25) is 5.88 Å². The van der Waals surface area contributed by atoms with Crippen molar-refractivity contribution >= 4 is 0 Å². The highest BCUT2D eigenvalue weighted by Gasteiger charge is 2.24. The van der Waals surface area contributed by atoms with Gasteiger partial charge in [0.05, 0.1) is 5.69 Å². The second-order valence-electron chi connectivity index (χ2n) is 8.39. The minimum Gasteiger partial charge on any atom is -0.478 e. The molecule has 0 saturated carbocycles. The molecule has 0 amide bonds. The fourth-order valence-corrected chi connectivity index (χ4v) is 4.32. The number of aromatic nitrogens is 4. The second-order valence-corrected chi connectivity index (χ2v) is 8.39. The maximum Gasteiger partial charge on any atom is 0.351 e. The highest BCUT2D eigenvalue weighted by atomic mass is 16.6. The van der Waals surface area contributed by atoms with Gasteiger partial charge in [-0.1, -0.05) is 24.3 Å². The molecule has 1 unspecified atom stereocenters. The molecule has 0 bridgehead atoms. The first-order chi connectivity index (χ1) is 16.6. The van der Waals surface area contributed by atoms with Gasteiger partial charge in [-0.15, -0.1) is 0 Å². The fourth-order valence-electron chi connectivity index (χ4n) is 4.32. The summed E-state index contributed by atoms with van der Waals surface area (Å²) in [6.07, 6.45) is 3.98. The topological polar surface area (TPSA) is 88.4 Å². The average molecular weight is 454 g/mol. The van der Waals surface area contributed by atoms with Gasteiger partial charge in [0.15, 0.2) is 11.9 Å². The molecule has 2 aliphatic rings. The monoisotopic (exact) mass is 454 g/mol. The summed E-state index contributed by atoms with van der Waals surface area (Å²) in [6.45, 7) is 3.07. The van der Waals surface area contributed by atoms with E-state index in [1.54, 1.807) is 22.9 Å². The van der Waals surface area contributed by atoms with E-state index in [0.29, 0.717) is 24.8 Å². The van der Waals surface area contributed by atoms with Gasteiger partial charge in [-0.2, -0.15) is 4.98 Å². The third-order valence-electron chi connectivity index (χ3n) is 6.07. The van der Waals surface area contributed by atoms with Crippen molar-refractivity contribution < 1.29 is 14.2 Å². The van der Waals surface area contributed by atoms with Gasteiger partial charge < -0.3 is 14.2 Å². The van der Waals surface area contributed by atoms with Gasteiger partial charge >= 0.3 is 5.69 Å². The Kier molecular flexibility index (Phi) is 4.98. The van der Waals surface area contributed by atoms with Crippen LogP contribution in [0, 0.1) is 6.92 Å². The maximum atomic E-state index is 12.7. The largest absolute Gasteiger partial charge is 0.478 e. The van der Waals surface area contributed by atoms with Crippen LogP contribution < -0.4 is 19.9 Å². The number of hydrogen-bond acceptors (Lipinski definition) is 7. The van der Waals surface area contributed by atoms with Crippen molar-refractivity contribution in [3.8, 4) is 39.9 Å². The number of ether oxygens (including phenoxy) is 3. The lowest BCUT2D eigenvalue weighted by molar-refractivity contribution is 0.0486. The van der Waals surface area contributed by atoms with Gasteiger partial charge in [-0.25, -0.2) is 9.78 Å². The summed E-state index contributed by atoms with van der Waals surface area (Å²) in [5.74, 6) is 1.33. The molecule has 8 heteroatoms. The Balaban J connectivity index is 1.25. The van der Waals surface area contributed by atoms with E-state index in [4.69, 9.17) is 14.2 Å². The molecule has 6 rings (SSSR count). The van der Waals surface area contributed by atoms with Crippen LogP contribution in [0.4, 0.5) is 0 Å². The summed E-state index contributed by atoms with van der Waals surface area (Å²) in [5.41, 5.74) is 5.85. The van der Waals surface area contributed by atoms with Crippen LogP contribution in [0.2, 0.25) is 0 Å². The lowest BCUT2D eigenvalue weighted by atomic mass is 9.93. The normalized spacial score (nSPS) is 15.9. The van der Waals surface area contributed by atoms with Gasteiger partial charge in [-0.05, 0) is 42.7 Å². The first-order valence-corrected chi connectivity index (χ1v) is 11.2. The van der Waals surface area contributed by atoms with Crippen molar-refractivity contribution in [1.82, 2.24) is 19.5 Å². The maximum absolute atomic E-state index is 12.7. The van der Waals surface area contributed by atoms with Crippen LogP contribution in [0.5, 0.6) is 17.5 Å². The molecule has 34 heavy (non-hydrogen) atoms. The van der Waals surface area contributed by atoms with Crippen molar-refractivity contribution in [3.05, 3.63) is 82.7 Å². The second kappa shape index (κ2) is 8.30. The van der Waals surface area contributed by atoms with Crippen molar-refractivity contribution in [3.63, 3.8) is 0 Å². The van der Waals surface area contributed by atoms with Gasteiger partial charge in [0, 0.05) is 41.8 Å². The van der Waals surface area contributed by atoms with Crippen LogP contribution in [0.15, 0.2) is 65.7 Å². The summed E-state index contributed by atoms with van der Waals surface area (Å²) in [4.78, 5) is 25.4. The van der Waals surface area contributed by atoms with Crippen LogP contribution in [-0.4, -0.2) is 38.8 Å². The van der Waals surface area contributed by atoms with Crippen LogP contribution in [0.1, 0.15) is 11.3 Å². The fraction of sp³-hybridized carbons (Fsp3) is 0.231. The Morgan fingerprint density at radius 1 is 1.12 bits per heavy atom. The lowest BCUT2D eigenvalue weighted by Crippen LogP contribution is -2.35. The molecule has 3 aromatic heterocycles. The number of pyridine rings is 2. The number of nitrogens with zero attached hydrogens (tertiary/aromatic N) is 4. The van der Waals surface area contributed by atoms with E-state index in [1.807, 2.05) is 25.3 Å². The van der Waals surface area contributed by atoms with Crippen molar-refractivity contribution in [2.45, 2.75) is 26.0 Å². The summed E-state index contributed by atoms with van der Waals surface area (Å²) >= 11 is 0. The highest BCUT2D eigenvalue weighted by molar-refractivity contribution is 5.73. The molecule has 0 aliphatic carbocycles. The van der Waals surface area contributed by atoms with Crippen LogP contribution in [0.25, 0.3) is 22.4 Å². The molecule has 8 nitrogen and oxygen atoms in total. The zero-order chi connectivity index (χ0) is 23.1. The predicted molar refractivity (Wildman–Crippen MR) is 125 cm³/mol. The Hall–Kier alpha value is -4.20. The standard InChI is InChI=1S/C26H22N4O4/c1-16-4-5-19(13-28-16)17-6-7-21-18(11-17)8-10-30-22(21)12-24(29-26(30)31)32-14-20-15-33-25-23(34-20)3-2-9-27-25/h2-7,9,11-13,20H,8,10,14-15H2,1H3. The Morgan fingerprint density at radius 2 is 2.03 bits per heavy atom. The van der Waals surface area contributed by atoms with E-state index in [-0.39, 0.29) is 24.3 Å². The SMILES string of the molecule is Cc1ccc(-c2ccc3c(c2)CCn2c-3cc(OCC3COc4ncccc4O3)nc2=O)cn1. The minimum atomic E-state index is -0.324. The molecule has 0 spiro atoms. The van der Waals surface area contributed by atoms with Crippen LogP contribution in [0.3, 0.4) is 0 Å². The number of fused-ring (bicyclic) bond motifs is 4. The molecule has 2 aliphatic heterocycles. The lowest BCUT2D eigenvalue weighted by Gasteiger charge is -2.26. The van der Waals surface area contributed by atoms with Crippen molar-refractivity contribution in [2.75, 3.05) is 13.2 Å². The first kappa shape index (κ1) is 20.4. The third kappa shape index (κ3) is 3.77. The van der Waals surface area contributed by atoms with Gasteiger partial charge in [0.1, 0.15) is 13.2 Å². The molecule has 0 N–H and O–H groups in total. The summed E-state index contributed by atoms with van der Waals surface area (Å²) in [6, 6.07) is 15.8. The molecule has 0 fully saturated rings. The Labute approximate surface area is 195 Å². The van der Waals surface area contributed by atoms with Crippen LogP contribution >= 0.6 is 0 Å². The summed E-state index contributed by atoms with van der Waals surface area (Å²) < 4.78 is 19.1. The number of rotatable bonds is 4. The van der Waals surface area contributed by atoms with E-state index in [2.05, 4.69) is 39.2 Å². The Morgan fingerprint density at radius 3 is 2.91 bits per heavy atom. The number of hydrogen-bond donors (Lipinski definition) is 0. The molecular formula is C26H22N4O4. The highest BCUT2D eigenvalue weighted by Crippen LogP contribution is 2.33. The third-order valence-corrected chi connectivity index (χ3v) is 6.07. The Bertz CT molecular complexity index is 1430.